The normalized spacial score (nSPS) is 34.5. The van der Waals surface area contributed by atoms with Crippen molar-refractivity contribution in [2.24, 2.45) is 11.8 Å². The summed E-state index contributed by atoms with van der Waals surface area (Å²) in [6, 6.07) is 0. The average Bonchev–Trinajstić information content (AvgIpc) is 2.49. The molecule has 20 heavy (non-hydrogen) atoms. The minimum absolute atomic E-state index is 0.0947. The summed E-state index contributed by atoms with van der Waals surface area (Å²) in [5, 5.41) is 0. The molecule has 2 aliphatic carbocycles. The van der Waals surface area contributed by atoms with E-state index in [9.17, 15) is 4.79 Å². The number of rotatable bonds is 4. The third-order valence-corrected chi connectivity index (χ3v) is 5.27. The van der Waals surface area contributed by atoms with Crippen LogP contribution in [0.1, 0.15) is 78.1 Å². The van der Waals surface area contributed by atoms with Gasteiger partial charge < -0.3 is 9.47 Å². The van der Waals surface area contributed by atoms with E-state index in [1.807, 2.05) is 0 Å². The van der Waals surface area contributed by atoms with Gasteiger partial charge in [0.1, 0.15) is 12.2 Å². The van der Waals surface area contributed by atoms with Crippen LogP contribution in [-0.4, -0.2) is 18.4 Å². The highest BCUT2D eigenvalue weighted by Gasteiger charge is 2.27. The molecule has 116 valence electrons. The van der Waals surface area contributed by atoms with Crippen LogP contribution in [0.5, 0.6) is 0 Å². The first-order chi connectivity index (χ1) is 9.71. The van der Waals surface area contributed by atoms with Crippen LogP contribution in [0, 0.1) is 11.8 Å². The third kappa shape index (κ3) is 4.68. The standard InChI is InChI=1S/C17H30O3/c1-3-13-5-9-15(10-6-13)19-17(18)20-16-11-7-14(4-2)8-12-16/h13-16H,3-12H2,1-2H3. The molecule has 0 aromatic heterocycles. The fraction of sp³-hybridized carbons (Fsp3) is 0.941. The molecule has 0 unspecified atom stereocenters. The zero-order valence-electron chi connectivity index (χ0n) is 13.1. The zero-order chi connectivity index (χ0) is 14.4. The molecular weight excluding hydrogens is 252 g/mol. The molecule has 0 bridgehead atoms. The summed E-state index contributed by atoms with van der Waals surface area (Å²) < 4.78 is 11.0. The van der Waals surface area contributed by atoms with Gasteiger partial charge in [0, 0.05) is 0 Å². The van der Waals surface area contributed by atoms with Crippen LogP contribution >= 0.6 is 0 Å². The number of ether oxygens (including phenoxy) is 2. The van der Waals surface area contributed by atoms with Crippen LogP contribution in [0.4, 0.5) is 4.79 Å². The van der Waals surface area contributed by atoms with E-state index in [0.29, 0.717) is 0 Å². The maximum absolute atomic E-state index is 11.8. The molecule has 0 aromatic rings. The first-order valence-electron chi connectivity index (χ1n) is 8.58. The SMILES string of the molecule is CCC1CCC(OC(=O)OC2CCC(CC)CC2)CC1. The van der Waals surface area contributed by atoms with Gasteiger partial charge in [-0.15, -0.1) is 0 Å². The highest BCUT2D eigenvalue weighted by atomic mass is 16.7. The molecule has 0 atom stereocenters. The molecule has 0 N–H and O–H groups in total. The van der Waals surface area contributed by atoms with Crippen molar-refractivity contribution < 1.29 is 14.3 Å². The van der Waals surface area contributed by atoms with E-state index in [1.165, 1.54) is 38.5 Å². The zero-order valence-corrected chi connectivity index (χ0v) is 13.1. The minimum Gasteiger partial charge on any atom is -0.431 e. The van der Waals surface area contributed by atoms with Gasteiger partial charge in [-0.3, -0.25) is 0 Å². The Morgan fingerprint density at radius 3 is 1.40 bits per heavy atom. The van der Waals surface area contributed by atoms with Crippen LogP contribution in [0.15, 0.2) is 0 Å². The highest BCUT2D eigenvalue weighted by Crippen LogP contribution is 2.30. The number of carbonyl (C=O) groups is 1. The smallest absolute Gasteiger partial charge is 0.431 e. The first-order valence-corrected chi connectivity index (χ1v) is 8.58. The summed E-state index contributed by atoms with van der Waals surface area (Å²) in [6.45, 7) is 4.49. The van der Waals surface area contributed by atoms with Gasteiger partial charge in [0.2, 0.25) is 0 Å². The van der Waals surface area contributed by atoms with Crippen molar-refractivity contribution in [2.75, 3.05) is 0 Å². The van der Waals surface area contributed by atoms with Gasteiger partial charge in [0.25, 0.3) is 0 Å². The molecule has 0 aromatic carbocycles. The Kier molecular flexibility index (Phi) is 6.18. The monoisotopic (exact) mass is 282 g/mol. The predicted molar refractivity (Wildman–Crippen MR) is 79.6 cm³/mol. The van der Waals surface area contributed by atoms with E-state index < -0.39 is 6.16 Å². The van der Waals surface area contributed by atoms with E-state index in [2.05, 4.69) is 13.8 Å². The Morgan fingerprint density at radius 2 is 1.10 bits per heavy atom. The Bertz CT molecular complexity index is 259. The lowest BCUT2D eigenvalue weighted by molar-refractivity contribution is -0.0260. The number of carbonyl (C=O) groups excluding carboxylic acids is 1. The fourth-order valence-electron chi connectivity index (χ4n) is 3.62. The molecule has 0 radical (unpaired) electrons. The second-order valence-corrected chi connectivity index (χ2v) is 6.59. The highest BCUT2D eigenvalue weighted by molar-refractivity contribution is 5.60. The van der Waals surface area contributed by atoms with Gasteiger partial charge in [-0.1, -0.05) is 26.7 Å². The van der Waals surface area contributed by atoms with Gasteiger partial charge in [-0.2, -0.15) is 0 Å². The quantitative estimate of drug-likeness (QED) is 0.675. The molecule has 0 heterocycles. The molecule has 0 aliphatic heterocycles. The van der Waals surface area contributed by atoms with Crippen molar-refractivity contribution in [3.8, 4) is 0 Å². The summed E-state index contributed by atoms with van der Waals surface area (Å²) in [6.07, 6.45) is 11.1. The van der Waals surface area contributed by atoms with E-state index >= 15 is 0 Å². The van der Waals surface area contributed by atoms with Gasteiger partial charge in [-0.25, -0.2) is 4.79 Å². The summed E-state index contributed by atoms with van der Waals surface area (Å²) in [5.41, 5.74) is 0. The maximum Gasteiger partial charge on any atom is 0.508 e. The van der Waals surface area contributed by atoms with E-state index in [-0.39, 0.29) is 12.2 Å². The Labute approximate surface area is 123 Å². The molecule has 2 aliphatic rings. The van der Waals surface area contributed by atoms with Crippen molar-refractivity contribution in [2.45, 2.75) is 90.3 Å². The van der Waals surface area contributed by atoms with Crippen molar-refractivity contribution in [1.82, 2.24) is 0 Å². The van der Waals surface area contributed by atoms with Crippen molar-refractivity contribution >= 4 is 6.16 Å². The van der Waals surface area contributed by atoms with Crippen LogP contribution < -0.4 is 0 Å². The van der Waals surface area contributed by atoms with E-state index in [1.54, 1.807) is 0 Å². The van der Waals surface area contributed by atoms with Gasteiger partial charge >= 0.3 is 6.16 Å². The van der Waals surface area contributed by atoms with Crippen molar-refractivity contribution in [3.05, 3.63) is 0 Å². The fourth-order valence-corrected chi connectivity index (χ4v) is 3.62. The molecule has 0 amide bonds. The molecular formula is C17H30O3. The summed E-state index contributed by atoms with van der Waals surface area (Å²) in [4.78, 5) is 11.8. The van der Waals surface area contributed by atoms with Crippen LogP contribution in [0.2, 0.25) is 0 Å². The van der Waals surface area contributed by atoms with Crippen LogP contribution in [-0.2, 0) is 9.47 Å². The Balaban J connectivity index is 1.63. The van der Waals surface area contributed by atoms with Crippen molar-refractivity contribution in [3.63, 3.8) is 0 Å². The van der Waals surface area contributed by atoms with E-state index in [0.717, 1.165) is 37.5 Å². The molecule has 3 nitrogen and oxygen atoms in total. The lowest BCUT2D eigenvalue weighted by atomic mass is 9.86. The van der Waals surface area contributed by atoms with E-state index in [4.69, 9.17) is 9.47 Å². The predicted octanol–water partition coefficient (Wildman–Crippen LogP) is 5.08. The third-order valence-electron chi connectivity index (χ3n) is 5.27. The first kappa shape index (κ1) is 15.7. The second-order valence-electron chi connectivity index (χ2n) is 6.59. The Hall–Kier alpha value is -0.730. The summed E-state index contributed by atoms with van der Waals surface area (Å²) >= 11 is 0. The molecule has 0 spiro atoms. The minimum atomic E-state index is -0.426. The van der Waals surface area contributed by atoms with Crippen molar-refractivity contribution in [1.29, 1.82) is 0 Å². The molecule has 2 fully saturated rings. The van der Waals surface area contributed by atoms with Gasteiger partial charge in [-0.05, 0) is 63.2 Å². The van der Waals surface area contributed by atoms with Gasteiger partial charge in [0.15, 0.2) is 0 Å². The van der Waals surface area contributed by atoms with Crippen LogP contribution in [0.25, 0.3) is 0 Å². The molecule has 3 heteroatoms. The Morgan fingerprint density at radius 1 is 0.750 bits per heavy atom. The lowest BCUT2D eigenvalue weighted by Gasteiger charge is -2.30. The maximum atomic E-state index is 11.8. The summed E-state index contributed by atoms with van der Waals surface area (Å²) in [7, 11) is 0. The lowest BCUT2D eigenvalue weighted by Crippen LogP contribution is -2.29. The number of hydrogen-bond donors (Lipinski definition) is 0. The molecule has 0 saturated heterocycles. The van der Waals surface area contributed by atoms with Crippen LogP contribution in [0.3, 0.4) is 0 Å². The topological polar surface area (TPSA) is 35.5 Å². The number of hydrogen-bond acceptors (Lipinski definition) is 3. The molecule has 2 saturated carbocycles. The average molecular weight is 282 g/mol. The molecule has 2 rings (SSSR count). The van der Waals surface area contributed by atoms with Gasteiger partial charge in [0.05, 0.1) is 0 Å². The second kappa shape index (κ2) is 7.90. The summed E-state index contributed by atoms with van der Waals surface area (Å²) in [5.74, 6) is 1.66. The largest absolute Gasteiger partial charge is 0.508 e.